The molecule has 0 unspecified atom stereocenters. The maximum absolute atomic E-state index is 13.2. The normalized spacial score (nSPS) is 16.8. The van der Waals surface area contributed by atoms with Gasteiger partial charge in [0.2, 0.25) is 5.91 Å². The smallest absolute Gasteiger partial charge is 0.262 e. The second-order valence-electron chi connectivity index (χ2n) is 7.79. The van der Waals surface area contributed by atoms with Gasteiger partial charge in [-0.2, -0.15) is 0 Å². The molecule has 0 radical (unpaired) electrons. The number of nitrogens with zero attached hydrogens (tertiary/aromatic N) is 2. The number of carbonyl (C=O) groups is 1. The van der Waals surface area contributed by atoms with Crippen LogP contribution in [-0.2, 0) is 22.6 Å². The number of carbonyl (C=O) groups excluding carboxylic acids is 1. The number of nitrogens with one attached hydrogen (secondary N) is 1. The molecule has 0 saturated carbocycles. The first-order chi connectivity index (χ1) is 15.5. The molecule has 1 N–H and O–H groups in total. The Morgan fingerprint density at radius 2 is 2.06 bits per heavy atom. The Balaban J connectivity index is 1.50. The number of ether oxygens (including phenoxy) is 2. The number of amides is 1. The lowest BCUT2D eigenvalue weighted by atomic mass is 10.2. The zero-order valence-electron chi connectivity index (χ0n) is 18.2. The van der Waals surface area contributed by atoms with Crippen molar-refractivity contribution in [2.75, 3.05) is 13.7 Å². The van der Waals surface area contributed by atoms with Crippen molar-refractivity contribution in [1.82, 2.24) is 14.9 Å². The van der Waals surface area contributed by atoms with Crippen molar-refractivity contribution in [1.29, 1.82) is 0 Å². The van der Waals surface area contributed by atoms with E-state index in [2.05, 4.69) is 5.32 Å². The van der Waals surface area contributed by atoms with Gasteiger partial charge in [-0.15, -0.1) is 0 Å². The predicted octanol–water partition coefficient (Wildman–Crippen LogP) is 3.38. The first-order valence-electron chi connectivity index (χ1n) is 10.7. The van der Waals surface area contributed by atoms with E-state index in [0.717, 1.165) is 24.2 Å². The number of fused-ring (bicyclic) bond motifs is 1. The van der Waals surface area contributed by atoms with Gasteiger partial charge in [0, 0.05) is 13.2 Å². The largest absolute Gasteiger partial charge is 0.497 e. The van der Waals surface area contributed by atoms with Gasteiger partial charge in [0.25, 0.3) is 5.56 Å². The van der Waals surface area contributed by atoms with Crippen LogP contribution >= 0.6 is 11.8 Å². The van der Waals surface area contributed by atoms with E-state index in [4.69, 9.17) is 14.5 Å². The first-order valence-corrected chi connectivity index (χ1v) is 11.6. The number of hydrogen-bond acceptors (Lipinski definition) is 6. The van der Waals surface area contributed by atoms with E-state index in [1.807, 2.05) is 49.4 Å². The molecule has 4 rings (SSSR count). The Bertz CT molecular complexity index is 1140. The second kappa shape index (κ2) is 10.2. The molecule has 1 fully saturated rings. The average Bonchev–Trinajstić information content (AvgIpc) is 3.33. The summed E-state index contributed by atoms with van der Waals surface area (Å²) in [4.78, 5) is 30.7. The molecular weight excluding hydrogens is 426 g/mol. The van der Waals surface area contributed by atoms with Crippen LogP contribution in [-0.4, -0.2) is 40.5 Å². The van der Waals surface area contributed by atoms with Crippen molar-refractivity contribution in [2.45, 2.75) is 49.4 Å². The third-order valence-electron chi connectivity index (χ3n) is 5.51. The van der Waals surface area contributed by atoms with Gasteiger partial charge in [0.05, 0.1) is 35.9 Å². The van der Waals surface area contributed by atoms with Crippen LogP contribution in [0.1, 0.15) is 25.3 Å². The van der Waals surface area contributed by atoms with E-state index in [1.165, 1.54) is 11.8 Å². The summed E-state index contributed by atoms with van der Waals surface area (Å²) in [5, 5.41) is 3.65. The van der Waals surface area contributed by atoms with Crippen molar-refractivity contribution in [2.24, 2.45) is 0 Å². The third kappa shape index (κ3) is 5.14. The first kappa shape index (κ1) is 22.4. The van der Waals surface area contributed by atoms with E-state index < -0.39 is 5.25 Å². The quantitative estimate of drug-likeness (QED) is 0.416. The molecule has 1 saturated heterocycles. The molecule has 1 aliphatic heterocycles. The summed E-state index contributed by atoms with van der Waals surface area (Å²) in [7, 11) is 1.62. The molecule has 2 atom stereocenters. The number of hydrogen-bond donors (Lipinski definition) is 1. The molecule has 2 heterocycles. The molecule has 0 aliphatic carbocycles. The molecule has 2 aromatic carbocycles. The molecule has 1 aromatic heterocycles. The van der Waals surface area contributed by atoms with Crippen LogP contribution in [0, 0.1) is 0 Å². The summed E-state index contributed by atoms with van der Waals surface area (Å²) in [5.74, 6) is 0.660. The highest BCUT2D eigenvalue weighted by Crippen LogP contribution is 2.24. The van der Waals surface area contributed by atoms with Gasteiger partial charge in [-0.25, -0.2) is 4.98 Å². The Kier molecular flexibility index (Phi) is 7.12. The molecule has 3 aromatic rings. The zero-order chi connectivity index (χ0) is 22.5. The van der Waals surface area contributed by atoms with Gasteiger partial charge < -0.3 is 14.8 Å². The van der Waals surface area contributed by atoms with Crippen LogP contribution in [0.5, 0.6) is 5.75 Å². The highest BCUT2D eigenvalue weighted by molar-refractivity contribution is 8.00. The Morgan fingerprint density at radius 1 is 1.28 bits per heavy atom. The lowest BCUT2D eigenvalue weighted by Crippen LogP contribution is -2.33. The molecule has 1 amide bonds. The number of aromatic nitrogens is 2. The lowest BCUT2D eigenvalue weighted by Gasteiger charge is -2.18. The SMILES string of the molecule is COc1ccc(CNC(=O)[C@@H](C)Sc2nc3ccccc3c(=O)n2C[C@H]2CCCO2)cc1. The maximum atomic E-state index is 13.2. The number of thioether (sulfide) groups is 1. The number of methoxy groups -OCH3 is 1. The Hall–Kier alpha value is -2.84. The highest BCUT2D eigenvalue weighted by Gasteiger charge is 2.23. The highest BCUT2D eigenvalue weighted by atomic mass is 32.2. The van der Waals surface area contributed by atoms with Gasteiger partial charge in [0.15, 0.2) is 5.16 Å². The zero-order valence-corrected chi connectivity index (χ0v) is 19.1. The van der Waals surface area contributed by atoms with Gasteiger partial charge in [-0.1, -0.05) is 36.0 Å². The fourth-order valence-corrected chi connectivity index (χ4v) is 4.62. The van der Waals surface area contributed by atoms with Crippen LogP contribution in [0.25, 0.3) is 10.9 Å². The summed E-state index contributed by atoms with van der Waals surface area (Å²) < 4.78 is 12.6. The van der Waals surface area contributed by atoms with E-state index >= 15 is 0 Å². The fourth-order valence-electron chi connectivity index (χ4n) is 3.68. The van der Waals surface area contributed by atoms with Crippen LogP contribution in [0.3, 0.4) is 0 Å². The standard InChI is InChI=1S/C24H27N3O4S/c1-16(22(28)25-14-17-9-11-18(30-2)12-10-17)32-24-26-21-8-4-3-7-20(21)23(29)27(24)15-19-6-5-13-31-19/h3-4,7-12,16,19H,5-6,13-15H2,1-2H3,(H,25,28)/t16-,19-/m1/s1. The average molecular weight is 454 g/mol. The second-order valence-corrected chi connectivity index (χ2v) is 9.10. The van der Waals surface area contributed by atoms with Crippen molar-refractivity contribution < 1.29 is 14.3 Å². The summed E-state index contributed by atoms with van der Waals surface area (Å²) in [5.41, 5.74) is 1.52. The van der Waals surface area contributed by atoms with E-state index in [-0.39, 0.29) is 17.6 Å². The van der Waals surface area contributed by atoms with Gasteiger partial charge in [-0.3, -0.25) is 14.2 Å². The van der Waals surface area contributed by atoms with Crippen LogP contribution < -0.4 is 15.6 Å². The van der Waals surface area contributed by atoms with Gasteiger partial charge >= 0.3 is 0 Å². The topological polar surface area (TPSA) is 82.5 Å². The molecule has 1 aliphatic rings. The van der Waals surface area contributed by atoms with Gasteiger partial charge in [-0.05, 0) is 49.6 Å². The van der Waals surface area contributed by atoms with Crippen molar-refractivity contribution in [3.63, 3.8) is 0 Å². The minimum atomic E-state index is -0.419. The summed E-state index contributed by atoms with van der Waals surface area (Å²) in [6.07, 6.45) is 1.91. The van der Waals surface area contributed by atoms with Crippen LogP contribution in [0.15, 0.2) is 58.5 Å². The summed E-state index contributed by atoms with van der Waals surface area (Å²) >= 11 is 1.30. The summed E-state index contributed by atoms with van der Waals surface area (Å²) in [6, 6.07) is 14.9. The molecule has 0 spiro atoms. The van der Waals surface area contributed by atoms with Gasteiger partial charge in [0.1, 0.15) is 5.75 Å². The summed E-state index contributed by atoms with van der Waals surface area (Å²) in [6.45, 7) is 3.40. The number of rotatable bonds is 8. The minimum Gasteiger partial charge on any atom is -0.497 e. The van der Waals surface area contributed by atoms with E-state index in [9.17, 15) is 9.59 Å². The molecule has 8 heteroatoms. The number of para-hydroxylation sites is 1. The molecule has 168 valence electrons. The molecule has 32 heavy (non-hydrogen) atoms. The predicted molar refractivity (Wildman–Crippen MR) is 125 cm³/mol. The van der Waals surface area contributed by atoms with Crippen molar-refractivity contribution in [3.8, 4) is 5.75 Å². The maximum Gasteiger partial charge on any atom is 0.262 e. The third-order valence-corrected chi connectivity index (χ3v) is 6.60. The van der Waals surface area contributed by atoms with E-state index in [1.54, 1.807) is 17.7 Å². The number of benzene rings is 2. The fraction of sp³-hybridized carbons (Fsp3) is 0.375. The van der Waals surface area contributed by atoms with Crippen LogP contribution in [0.4, 0.5) is 0 Å². The Labute approximate surface area is 191 Å². The molecular formula is C24H27N3O4S. The van der Waals surface area contributed by atoms with E-state index in [0.29, 0.717) is 35.8 Å². The minimum absolute atomic E-state index is 0.00535. The molecule has 0 bridgehead atoms. The Morgan fingerprint density at radius 3 is 2.78 bits per heavy atom. The van der Waals surface area contributed by atoms with Crippen molar-refractivity contribution in [3.05, 3.63) is 64.4 Å². The monoisotopic (exact) mass is 453 g/mol. The molecule has 7 nitrogen and oxygen atoms in total. The van der Waals surface area contributed by atoms with Crippen LogP contribution in [0.2, 0.25) is 0 Å². The lowest BCUT2D eigenvalue weighted by molar-refractivity contribution is -0.120. The van der Waals surface area contributed by atoms with Crippen molar-refractivity contribution >= 4 is 28.6 Å².